The molecule has 0 saturated carbocycles. The maximum absolute atomic E-state index is 4.88. The molecule has 2 fully saturated rings. The second-order valence-electron chi connectivity index (χ2n) is 7.05. The fraction of sp³-hybridized carbons (Fsp3) is 0.526. The quantitative estimate of drug-likeness (QED) is 0.941. The third kappa shape index (κ3) is 3.00. The molecule has 0 bridgehead atoms. The molecular weight excluding hydrogens is 298 g/mol. The summed E-state index contributed by atoms with van der Waals surface area (Å²) < 4.78 is 0. The van der Waals surface area contributed by atoms with Crippen molar-refractivity contribution in [3.63, 3.8) is 0 Å². The van der Waals surface area contributed by atoms with E-state index in [2.05, 4.69) is 28.2 Å². The number of anilines is 1. The lowest BCUT2D eigenvalue weighted by Crippen LogP contribution is -2.38. The minimum absolute atomic E-state index is 0.486. The van der Waals surface area contributed by atoms with Gasteiger partial charge in [-0.1, -0.05) is 6.92 Å². The van der Waals surface area contributed by atoms with Crippen LogP contribution < -0.4 is 10.2 Å². The van der Waals surface area contributed by atoms with E-state index in [1.807, 2.05) is 12.1 Å². The highest BCUT2D eigenvalue weighted by Gasteiger charge is 2.39. The van der Waals surface area contributed by atoms with Gasteiger partial charge >= 0.3 is 0 Å². The van der Waals surface area contributed by atoms with Crippen molar-refractivity contribution in [3.05, 3.63) is 36.3 Å². The first-order valence-corrected chi connectivity index (χ1v) is 9.02. The summed E-state index contributed by atoms with van der Waals surface area (Å²) in [7, 11) is 0. The standard InChI is InChI=1S/C19H25N5/c1-2-16-13-17(23-18(22-16)15-3-8-20-9-4-15)24-12-7-19(14-24)5-10-21-11-6-19/h3-4,8-9,13,21H,2,5-7,10-12,14H2,1H3. The fourth-order valence-corrected chi connectivity index (χ4v) is 3.95. The summed E-state index contributed by atoms with van der Waals surface area (Å²) in [4.78, 5) is 16.2. The van der Waals surface area contributed by atoms with Gasteiger partial charge < -0.3 is 10.2 Å². The zero-order valence-corrected chi connectivity index (χ0v) is 14.3. The number of pyridine rings is 1. The Labute approximate surface area is 143 Å². The van der Waals surface area contributed by atoms with E-state index < -0.39 is 0 Å². The van der Waals surface area contributed by atoms with E-state index in [1.54, 1.807) is 12.4 Å². The van der Waals surface area contributed by atoms with Crippen LogP contribution in [0.4, 0.5) is 5.82 Å². The molecule has 2 saturated heterocycles. The summed E-state index contributed by atoms with van der Waals surface area (Å²) >= 11 is 0. The predicted molar refractivity (Wildman–Crippen MR) is 96.0 cm³/mol. The molecule has 1 spiro atoms. The molecular formula is C19H25N5. The molecule has 24 heavy (non-hydrogen) atoms. The number of nitrogens with one attached hydrogen (secondary N) is 1. The smallest absolute Gasteiger partial charge is 0.161 e. The zero-order valence-electron chi connectivity index (χ0n) is 14.3. The number of piperidine rings is 1. The molecule has 126 valence electrons. The van der Waals surface area contributed by atoms with Crippen molar-refractivity contribution in [1.82, 2.24) is 20.3 Å². The molecule has 5 nitrogen and oxygen atoms in total. The van der Waals surface area contributed by atoms with Gasteiger partial charge in [-0.25, -0.2) is 9.97 Å². The van der Waals surface area contributed by atoms with E-state index in [-0.39, 0.29) is 0 Å². The second-order valence-corrected chi connectivity index (χ2v) is 7.05. The SMILES string of the molecule is CCc1cc(N2CCC3(CCNCC3)C2)nc(-c2ccncc2)n1. The van der Waals surface area contributed by atoms with Crippen LogP contribution in [0.25, 0.3) is 11.4 Å². The van der Waals surface area contributed by atoms with Crippen molar-refractivity contribution in [3.8, 4) is 11.4 Å². The van der Waals surface area contributed by atoms with Gasteiger partial charge in [-0.05, 0) is 56.3 Å². The Morgan fingerprint density at radius 3 is 2.67 bits per heavy atom. The van der Waals surface area contributed by atoms with Crippen molar-refractivity contribution in [1.29, 1.82) is 0 Å². The summed E-state index contributed by atoms with van der Waals surface area (Å²) in [5.41, 5.74) is 2.63. The Morgan fingerprint density at radius 2 is 1.92 bits per heavy atom. The molecule has 2 aromatic rings. The lowest BCUT2D eigenvalue weighted by Gasteiger charge is -2.33. The largest absolute Gasteiger partial charge is 0.356 e. The molecule has 2 aliphatic heterocycles. The van der Waals surface area contributed by atoms with E-state index in [0.717, 1.165) is 55.5 Å². The summed E-state index contributed by atoms with van der Waals surface area (Å²) in [6.07, 6.45) is 8.38. The van der Waals surface area contributed by atoms with Crippen molar-refractivity contribution < 1.29 is 0 Å². The molecule has 0 atom stereocenters. The molecule has 0 aliphatic carbocycles. The van der Waals surface area contributed by atoms with Gasteiger partial charge in [-0.15, -0.1) is 0 Å². The minimum atomic E-state index is 0.486. The molecule has 0 unspecified atom stereocenters. The Bertz CT molecular complexity index is 694. The number of aryl methyl sites for hydroxylation is 1. The first kappa shape index (κ1) is 15.5. The van der Waals surface area contributed by atoms with E-state index >= 15 is 0 Å². The number of aromatic nitrogens is 3. The molecule has 0 aromatic carbocycles. The molecule has 4 rings (SSSR count). The van der Waals surface area contributed by atoms with Gasteiger partial charge in [0.1, 0.15) is 5.82 Å². The van der Waals surface area contributed by atoms with Crippen LogP contribution in [0.2, 0.25) is 0 Å². The van der Waals surface area contributed by atoms with Crippen molar-refractivity contribution in [2.45, 2.75) is 32.6 Å². The van der Waals surface area contributed by atoms with E-state index in [0.29, 0.717) is 5.41 Å². The van der Waals surface area contributed by atoms with Crippen LogP contribution in [0.15, 0.2) is 30.6 Å². The van der Waals surface area contributed by atoms with Gasteiger partial charge in [0.05, 0.1) is 0 Å². The van der Waals surface area contributed by atoms with Crippen molar-refractivity contribution in [2.24, 2.45) is 5.41 Å². The van der Waals surface area contributed by atoms with Crippen molar-refractivity contribution in [2.75, 3.05) is 31.1 Å². The van der Waals surface area contributed by atoms with E-state index in [9.17, 15) is 0 Å². The number of hydrogen-bond acceptors (Lipinski definition) is 5. The first-order chi connectivity index (χ1) is 11.8. The summed E-state index contributed by atoms with van der Waals surface area (Å²) in [6, 6.07) is 6.14. The minimum Gasteiger partial charge on any atom is -0.356 e. The fourth-order valence-electron chi connectivity index (χ4n) is 3.95. The molecule has 1 N–H and O–H groups in total. The number of rotatable bonds is 3. The van der Waals surface area contributed by atoms with Crippen LogP contribution in [-0.2, 0) is 6.42 Å². The van der Waals surface area contributed by atoms with Gasteiger partial charge in [-0.3, -0.25) is 4.98 Å². The summed E-state index contributed by atoms with van der Waals surface area (Å²) in [5.74, 6) is 1.90. The second kappa shape index (κ2) is 6.48. The van der Waals surface area contributed by atoms with Crippen molar-refractivity contribution >= 4 is 5.82 Å². The summed E-state index contributed by atoms with van der Waals surface area (Å²) in [6.45, 7) is 6.70. The highest BCUT2D eigenvalue weighted by molar-refractivity contribution is 5.57. The van der Waals surface area contributed by atoms with Crippen LogP contribution in [0.5, 0.6) is 0 Å². The van der Waals surface area contributed by atoms with Crippen LogP contribution >= 0.6 is 0 Å². The van der Waals surface area contributed by atoms with Crippen LogP contribution in [0.1, 0.15) is 31.9 Å². The lowest BCUT2D eigenvalue weighted by molar-refractivity contribution is 0.232. The Hall–Kier alpha value is -2.01. The Morgan fingerprint density at radius 1 is 1.12 bits per heavy atom. The third-order valence-electron chi connectivity index (χ3n) is 5.49. The normalized spacial score (nSPS) is 19.8. The van der Waals surface area contributed by atoms with Gasteiger partial charge in [-0.2, -0.15) is 0 Å². The maximum Gasteiger partial charge on any atom is 0.161 e. The van der Waals surface area contributed by atoms with Gasteiger partial charge in [0.2, 0.25) is 0 Å². The highest BCUT2D eigenvalue weighted by atomic mass is 15.2. The number of hydrogen-bond donors (Lipinski definition) is 1. The Balaban J connectivity index is 1.63. The number of nitrogens with zero attached hydrogens (tertiary/aromatic N) is 4. The van der Waals surface area contributed by atoms with Gasteiger partial charge in [0, 0.05) is 42.8 Å². The molecule has 0 radical (unpaired) electrons. The van der Waals surface area contributed by atoms with Crippen LogP contribution in [0.3, 0.4) is 0 Å². The topological polar surface area (TPSA) is 53.9 Å². The lowest BCUT2D eigenvalue weighted by atomic mass is 9.78. The molecule has 4 heterocycles. The molecule has 2 aliphatic rings. The first-order valence-electron chi connectivity index (χ1n) is 9.02. The zero-order chi connectivity index (χ0) is 16.4. The average molecular weight is 323 g/mol. The molecule has 5 heteroatoms. The average Bonchev–Trinajstić information content (AvgIpc) is 3.06. The predicted octanol–water partition coefficient (Wildman–Crippen LogP) is 2.68. The van der Waals surface area contributed by atoms with Gasteiger partial charge in [0.25, 0.3) is 0 Å². The van der Waals surface area contributed by atoms with E-state index in [4.69, 9.17) is 9.97 Å². The van der Waals surface area contributed by atoms with Gasteiger partial charge in [0.15, 0.2) is 5.82 Å². The third-order valence-corrected chi connectivity index (χ3v) is 5.49. The van der Waals surface area contributed by atoms with Crippen LogP contribution in [0, 0.1) is 5.41 Å². The summed E-state index contributed by atoms with van der Waals surface area (Å²) in [5, 5.41) is 3.49. The highest BCUT2D eigenvalue weighted by Crippen LogP contribution is 2.40. The Kier molecular flexibility index (Phi) is 4.19. The monoisotopic (exact) mass is 323 g/mol. The molecule has 2 aromatic heterocycles. The molecule has 0 amide bonds. The van der Waals surface area contributed by atoms with E-state index in [1.165, 1.54) is 19.3 Å². The maximum atomic E-state index is 4.88. The van der Waals surface area contributed by atoms with Crippen LogP contribution in [-0.4, -0.2) is 41.1 Å².